The van der Waals surface area contributed by atoms with Crippen molar-refractivity contribution >= 4 is 43.8 Å². The van der Waals surface area contributed by atoms with E-state index < -0.39 is 25.9 Å². The summed E-state index contributed by atoms with van der Waals surface area (Å²) in [6.45, 7) is 1.96. The zero-order valence-corrected chi connectivity index (χ0v) is 17.0. The highest BCUT2D eigenvalue weighted by Crippen LogP contribution is 2.32. The Morgan fingerprint density at radius 1 is 1.21 bits per heavy atom. The number of rotatable bonds is 7. The summed E-state index contributed by atoms with van der Waals surface area (Å²) in [6, 6.07) is 11.5. The van der Waals surface area contributed by atoms with E-state index in [4.69, 9.17) is 11.6 Å². The molecule has 0 amide bonds. The first kappa shape index (κ1) is 20.5. The van der Waals surface area contributed by atoms with Crippen molar-refractivity contribution in [2.45, 2.75) is 24.3 Å². The van der Waals surface area contributed by atoms with Crippen molar-refractivity contribution in [3.8, 4) is 0 Å². The molecule has 0 saturated heterocycles. The molecule has 2 N–H and O–H groups in total. The molecular formula is C18H16ClF2N3O2S2. The molecule has 0 spiro atoms. The van der Waals surface area contributed by atoms with Gasteiger partial charge in [0.15, 0.2) is 10.3 Å². The SMILES string of the molecule is CCC(Nc1cc(F)c(S(=O)(=O)Nc2ncc(F)s2)cc1Cl)c1ccccc1. The van der Waals surface area contributed by atoms with Crippen LogP contribution in [-0.2, 0) is 10.0 Å². The number of halogens is 3. The quantitative estimate of drug-likeness (QED) is 0.510. The maximum atomic E-state index is 14.6. The largest absolute Gasteiger partial charge is 0.377 e. The Balaban J connectivity index is 1.88. The van der Waals surface area contributed by atoms with E-state index in [1.165, 1.54) is 0 Å². The van der Waals surface area contributed by atoms with Crippen molar-refractivity contribution in [2.75, 3.05) is 10.0 Å². The Morgan fingerprint density at radius 2 is 1.93 bits per heavy atom. The van der Waals surface area contributed by atoms with Gasteiger partial charge in [0.1, 0.15) is 10.7 Å². The third-order valence-corrected chi connectivity index (χ3v) is 6.45. The third kappa shape index (κ3) is 4.60. The molecule has 2 aromatic carbocycles. The van der Waals surface area contributed by atoms with Crippen LogP contribution in [0, 0.1) is 10.9 Å². The second-order valence-corrected chi connectivity index (χ2v) is 8.89. The van der Waals surface area contributed by atoms with Crippen LogP contribution in [0.3, 0.4) is 0 Å². The Hall–Kier alpha value is -2.23. The number of hydrogen-bond donors (Lipinski definition) is 2. The lowest BCUT2D eigenvalue weighted by Gasteiger charge is -2.20. The minimum absolute atomic E-state index is 0.0430. The van der Waals surface area contributed by atoms with Crippen LogP contribution in [0.4, 0.5) is 19.6 Å². The lowest BCUT2D eigenvalue weighted by Crippen LogP contribution is -2.15. The van der Waals surface area contributed by atoms with E-state index in [9.17, 15) is 17.2 Å². The number of thiazole rings is 1. The van der Waals surface area contributed by atoms with Crippen molar-refractivity contribution in [3.63, 3.8) is 0 Å². The van der Waals surface area contributed by atoms with E-state index in [1.54, 1.807) is 0 Å². The Labute approximate surface area is 170 Å². The number of hydrogen-bond acceptors (Lipinski definition) is 5. The fourth-order valence-electron chi connectivity index (χ4n) is 2.61. The normalized spacial score (nSPS) is 12.6. The van der Waals surface area contributed by atoms with Gasteiger partial charge in [-0.05, 0) is 24.1 Å². The average molecular weight is 444 g/mol. The molecule has 0 fully saturated rings. The molecule has 0 aliphatic rings. The predicted octanol–water partition coefficient (Wildman–Crippen LogP) is 5.44. The predicted molar refractivity (Wildman–Crippen MR) is 107 cm³/mol. The second kappa shape index (κ2) is 8.42. The molecule has 5 nitrogen and oxygen atoms in total. The molecule has 148 valence electrons. The molecule has 0 radical (unpaired) electrons. The monoisotopic (exact) mass is 443 g/mol. The van der Waals surface area contributed by atoms with Gasteiger partial charge in [-0.15, -0.1) is 0 Å². The highest BCUT2D eigenvalue weighted by molar-refractivity contribution is 7.93. The van der Waals surface area contributed by atoms with Crippen molar-refractivity contribution in [3.05, 3.63) is 70.2 Å². The van der Waals surface area contributed by atoms with Gasteiger partial charge in [0.25, 0.3) is 10.0 Å². The van der Waals surface area contributed by atoms with Crippen molar-refractivity contribution in [2.24, 2.45) is 0 Å². The smallest absolute Gasteiger partial charge is 0.266 e. The zero-order chi connectivity index (χ0) is 20.3. The molecule has 3 rings (SSSR count). The topological polar surface area (TPSA) is 71.1 Å². The molecule has 0 aliphatic carbocycles. The van der Waals surface area contributed by atoms with E-state index in [0.717, 1.165) is 23.9 Å². The molecular weight excluding hydrogens is 428 g/mol. The summed E-state index contributed by atoms with van der Waals surface area (Å²) < 4.78 is 54.5. The van der Waals surface area contributed by atoms with Crippen LogP contribution in [-0.4, -0.2) is 13.4 Å². The first-order valence-electron chi connectivity index (χ1n) is 8.25. The lowest BCUT2D eigenvalue weighted by molar-refractivity contribution is 0.570. The number of nitrogens with one attached hydrogen (secondary N) is 2. The summed E-state index contributed by atoms with van der Waals surface area (Å²) in [4.78, 5) is 2.92. The molecule has 1 atom stereocenters. The van der Waals surface area contributed by atoms with Crippen LogP contribution >= 0.6 is 22.9 Å². The average Bonchev–Trinajstić information content (AvgIpc) is 3.06. The van der Waals surface area contributed by atoms with Crippen LogP contribution in [0.25, 0.3) is 0 Å². The van der Waals surface area contributed by atoms with E-state index in [-0.39, 0.29) is 21.9 Å². The number of anilines is 2. The first-order chi connectivity index (χ1) is 13.3. The summed E-state index contributed by atoms with van der Waals surface area (Å²) in [5.74, 6) is -0.987. The fraction of sp³-hybridized carbons (Fsp3) is 0.167. The van der Waals surface area contributed by atoms with E-state index in [2.05, 4.69) is 10.3 Å². The van der Waals surface area contributed by atoms with Gasteiger partial charge >= 0.3 is 0 Å². The Morgan fingerprint density at radius 3 is 2.54 bits per heavy atom. The van der Waals surface area contributed by atoms with Crippen LogP contribution in [0.5, 0.6) is 0 Å². The van der Waals surface area contributed by atoms with E-state index >= 15 is 0 Å². The minimum atomic E-state index is -4.31. The van der Waals surface area contributed by atoms with Gasteiger partial charge in [0, 0.05) is 0 Å². The molecule has 0 bridgehead atoms. The summed E-state index contributed by atoms with van der Waals surface area (Å²) in [5.41, 5.74) is 1.26. The minimum Gasteiger partial charge on any atom is -0.377 e. The Bertz CT molecular complexity index is 1080. The van der Waals surface area contributed by atoms with Gasteiger partial charge in [-0.2, -0.15) is 4.39 Å². The van der Waals surface area contributed by atoms with Crippen molar-refractivity contribution < 1.29 is 17.2 Å². The number of benzene rings is 2. The van der Waals surface area contributed by atoms with Gasteiger partial charge in [-0.3, -0.25) is 4.72 Å². The summed E-state index contributed by atoms with van der Waals surface area (Å²) in [7, 11) is -4.31. The maximum absolute atomic E-state index is 14.6. The van der Waals surface area contributed by atoms with Gasteiger partial charge in [0.2, 0.25) is 0 Å². The molecule has 28 heavy (non-hydrogen) atoms. The maximum Gasteiger partial charge on any atom is 0.266 e. The standard InChI is InChI=1S/C18H16ClF2N3O2S2/c1-2-14(11-6-4-3-5-7-11)23-15-9-13(20)16(8-12(15)19)28(25,26)24-18-22-10-17(21)27-18/h3-10,14,23H,2H2,1H3,(H,22,24). The Kier molecular flexibility index (Phi) is 6.17. The fourth-order valence-corrected chi connectivity index (χ4v) is 4.77. The lowest BCUT2D eigenvalue weighted by atomic mass is 10.0. The van der Waals surface area contributed by atoms with E-state index in [1.807, 2.05) is 42.0 Å². The molecule has 1 unspecified atom stereocenters. The molecule has 10 heteroatoms. The summed E-state index contributed by atoms with van der Waals surface area (Å²) >= 11 is 6.70. The van der Waals surface area contributed by atoms with Gasteiger partial charge in [0.05, 0.1) is 22.9 Å². The first-order valence-corrected chi connectivity index (χ1v) is 10.9. The van der Waals surface area contributed by atoms with Crippen molar-refractivity contribution in [1.29, 1.82) is 0 Å². The molecule has 0 saturated carbocycles. The van der Waals surface area contributed by atoms with Crippen LogP contribution < -0.4 is 10.0 Å². The van der Waals surface area contributed by atoms with Crippen LogP contribution in [0.2, 0.25) is 5.02 Å². The second-order valence-electron chi connectivity index (χ2n) is 5.85. The van der Waals surface area contributed by atoms with Gasteiger partial charge in [-0.25, -0.2) is 17.8 Å². The van der Waals surface area contributed by atoms with Crippen LogP contribution in [0.1, 0.15) is 24.9 Å². The number of sulfonamides is 1. The van der Waals surface area contributed by atoms with Gasteiger partial charge in [-0.1, -0.05) is 60.2 Å². The van der Waals surface area contributed by atoms with Crippen LogP contribution in [0.15, 0.2) is 53.6 Å². The molecule has 0 aliphatic heterocycles. The zero-order valence-electron chi connectivity index (χ0n) is 14.6. The summed E-state index contributed by atoms with van der Waals surface area (Å²) in [6.07, 6.45) is 1.58. The highest BCUT2D eigenvalue weighted by atomic mass is 35.5. The summed E-state index contributed by atoms with van der Waals surface area (Å²) in [5, 5.41) is 2.31. The third-order valence-electron chi connectivity index (χ3n) is 3.95. The van der Waals surface area contributed by atoms with Crippen molar-refractivity contribution in [1.82, 2.24) is 4.98 Å². The number of nitrogens with zero attached hydrogens (tertiary/aromatic N) is 1. The highest BCUT2D eigenvalue weighted by Gasteiger charge is 2.23. The molecule has 1 aromatic heterocycles. The molecule has 1 heterocycles. The molecule has 3 aromatic rings. The van der Waals surface area contributed by atoms with E-state index in [0.29, 0.717) is 17.8 Å². The number of aromatic nitrogens is 1. The van der Waals surface area contributed by atoms with Gasteiger partial charge < -0.3 is 5.32 Å².